The van der Waals surface area contributed by atoms with Gasteiger partial charge >= 0.3 is 0 Å². The molecule has 1 N–H and O–H groups in total. The average molecular weight is 455 g/mol. The first kappa shape index (κ1) is 20.7. The number of rotatable bonds is 7. The highest BCUT2D eigenvalue weighted by atomic mass is 32.2. The maximum atomic E-state index is 12.9. The molecule has 0 bridgehead atoms. The molecule has 158 valence electrons. The number of hydrogen-bond donors (Lipinski definition) is 1. The van der Waals surface area contributed by atoms with E-state index in [0.29, 0.717) is 11.5 Å². The second-order valence-corrected chi connectivity index (χ2v) is 10.0. The van der Waals surface area contributed by atoms with E-state index in [1.54, 1.807) is 66.7 Å². The highest BCUT2D eigenvalue weighted by Gasteiger charge is 2.22. The SMILES string of the molecule is O=S(=O)(Nc1ccccc1Oc1ccccc1)c1ccn(S(=O)(=O)c2ccccc2)c1. The molecule has 0 aliphatic heterocycles. The lowest BCUT2D eigenvalue weighted by molar-refractivity contribution is 0.485. The molecule has 0 unspecified atom stereocenters. The minimum absolute atomic E-state index is 0.0594. The number of aromatic nitrogens is 1. The quantitative estimate of drug-likeness (QED) is 0.449. The Morgan fingerprint density at radius 1 is 0.677 bits per heavy atom. The minimum atomic E-state index is -4.07. The Bertz CT molecular complexity index is 1400. The zero-order valence-electron chi connectivity index (χ0n) is 16.1. The lowest BCUT2D eigenvalue weighted by Gasteiger charge is -2.13. The largest absolute Gasteiger partial charge is 0.455 e. The zero-order valence-corrected chi connectivity index (χ0v) is 17.8. The second kappa shape index (κ2) is 8.29. The van der Waals surface area contributed by atoms with E-state index in [2.05, 4.69) is 4.72 Å². The number of anilines is 1. The van der Waals surface area contributed by atoms with Gasteiger partial charge < -0.3 is 4.74 Å². The van der Waals surface area contributed by atoms with Crippen LogP contribution in [0.1, 0.15) is 0 Å². The molecular weight excluding hydrogens is 436 g/mol. The van der Waals surface area contributed by atoms with Crippen LogP contribution in [0.3, 0.4) is 0 Å². The van der Waals surface area contributed by atoms with Crippen molar-refractivity contribution in [3.05, 3.63) is 103 Å². The van der Waals surface area contributed by atoms with Gasteiger partial charge in [-0.2, -0.15) is 0 Å². The van der Waals surface area contributed by atoms with Crippen LogP contribution in [0.5, 0.6) is 11.5 Å². The van der Waals surface area contributed by atoms with Crippen molar-refractivity contribution in [2.45, 2.75) is 9.79 Å². The molecule has 3 aromatic carbocycles. The van der Waals surface area contributed by atoms with Crippen molar-refractivity contribution in [3.63, 3.8) is 0 Å². The number of ether oxygens (including phenoxy) is 1. The Labute approximate surface area is 180 Å². The van der Waals surface area contributed by atoms with E-state index in [1.807, 2.05) is 6.07 Å². The van der Waals surface area contributed by atoms with Crippen LogP contribution in [0.4, 0.5) is 5.69 Å². The summed E-state index contributed by atoms with van der Waals surface area (Å²) in [4.78, 5) is -0.134. The van der Waals surface area contributed by atoms with Crippen molar-refractivity contribution in [3.8, 4) is 11.5 Å². The van der Waals surface area contributed by atoms with E-state index in [9.17, 15) is 16.8 Å². The molecule has 0 amide bonds. The van der Waals surface area contributed by atoms with Crippen LogP contribution in [-0.4, -0.2) is 20.8 Å². The van der Waals surface area contributed by atoms with Gasteiger partial charge in [-0.05, 0) is 42.5 Å². The predicted octanol–water partition coefficient (Wildman–Crippen LogP) is 4.32. The molecule has 1 aromatic heterocycles. The summed E-state index contributed by atoms with van der Waals surface area (Å²) in [5.74, 6) is 0.864. The van der Waals surface area contributed by atoms with Crippen molar-refractivity contribution >= 4 is 25.7 Å². The summed E-state index contributed by atoms with van der Waals surface area (Å²) < 4.78 is 60.4. The number of sulfonamides is 1. The van der Waals surface area contributed by atoms with Crippen molar-refractivity contribution in [1.29, 1.82) is 0 Å². The molecule has 0 saturated carbocycles. The molecular formula is C22H18N2O5S2. The molecule has 9 heteroatoms. The molecule has 0 saturated heterocycles. The molecule has 0 radical (unpaired) electrons. The van der Waals surface area contributed by atoms with Crippen LogP contribution >= 0.6 is 0 Å². The Kier molecular flexibility index (Phi) is 5.53. The van der Waals surface area contributed by atoms with Gasteiger partial charge in [-0.1, -0.05) is 48.5 Å². The average Bonchev–Trinajstić information content (AvgIpc) is 3.29. The van der Waals surface area contributed by atoms with Crippen molar-refractivity contribution in [2.75, 3.05) is 4.72 Å². The standard InChI is InChI=1S/C22H18N2O5S2/c25-30(26,20-15-16-24(17-20)31(27,28)19-11-5-2-6-12-19)23-21-13-7-8-14-22(21)29-18-9-3-1-4-10-18/h1-17,23H. The molecule has 0 atom stereocenters. The van der Waals surface area contributed by atoms with Gasteiger partial charge in [0.25, 0.3) is 20.0 Å². The van der Waals surface area contributed by atoms with E-state index >= 15 is 0 Å². The Morgan fingerprint density at radius 2 is 1.29 bits per heavy atom. The number of benzene rings is 3. The van der Waals surface area contributed by atoms with Crippen molar-refractivity contribution in [2.24, 2.45) is 0 Å². The third-order valence-electron chi connectivity index (χ3n) is 4.37. The van der Waals surface area contributed by atoms with Crippen LogP contribution in [0.2, 0.25) is 0 Å². The van der Waals surface area contributed by atoms with Gasteiger partial charge in [0.2, 0.25) is 0 Å². The van der Waals surface area contributed by atoms with Crippen LogP contribution in [0, 0.1) is 0 Å². The van der Waals surface area contributed by atoms with Gasteiger partial charge in [-0.3, -0.25) is 4.72 Å². The Hall–Kier alpha value is -3.56. The third-order valence-corrected chi connectivity index (χ3v) is 7.37. The summed E-state index contributed by atoms with van der Waals surface area (Å²) in [7, 11) is -7.97. The molecule has 0 spiro atoms. The van der Waals surface area contributed by atoms with Crippen LogP contribution < -0.4 is 9.46 Å². The van der Waals surface area contributed by atoms with E-state index in [4.69, 9.17) is 4.74 Å². The first-order valence-electron chi connectivity index (χ1n) is 9.20. The lowest BCUT2D eigenvalue weighted by Crippen LogP contribution is -2.14. The molecule has 0 aliphatic carbocycles. The lowest BCUT2D eigenvalue weighted by atomic mass is 10.3. The molecule has 4 aromatic rings. The van der Waals surface area contributed by atoms with Crippen LogP contribution in [0.25, 0.3) is 0 Å². The van der Waals surface area contributed by atoms with Gasteiger partial charge in [0.1, 0.15) is 10.6 Å². The zero-order chi connectivity index (χ0) is 21.9. The summed E-state index contributed by atoms with van der Waals surface area (Å²) in [6.45, 7) is 0. The molecule has 4 rings (SSSR count). The topological polar surface area (TPSA) is 94.5 Å². The molecule has 31 heavy (non-hydrogen) atoms. The number of para-hydroxylation sites is 3. The number of hydrogen-bond acceptors (Lipinski definition) is 5. The van der Waals surface area contributed by atoms with Crippen molar-refractivity contribution < 1.29 is 21.6 Å². The number of nitrogens with one attached hydrogen (secondary N) is 1. The molecule has 0 aliphatic rings. The summed E-state index contributed by atoms with van der Waals surface area (Å²) in [5, 5.41) is 0. The predicted molar refractivity (Wildman–Crippen MR) is 117 cm³/mol. The molecule has 1 heterocycles. The van der Waals surface area contributed by atoms with Gasteiger partial charge in [0.15, 0.2) is 5.75 Å². The molecule has 0 fully saturated rings. The maximum absolute atomic E-state index is 12.9. The van der Waals surface area contributed by atoms with E-state index < -0.39 is 20.0 Å². The van der Waals surface area contributed by atoms with E-state index in [-0.39, 0.29) is 15.5 Å². The Balaban J connectivity index is 1.62. The maximum Gasteiger partial charge on any atom is 0.267 e. The van der Waals surface area contributed by atoms with Gasteiger partial charge in [0, 0.05) is 12.4 Å². The number of nitrogens with zero attached hydrogens (tertiary/aromatic N) is 1. The van der Waals surface area contributed by atoms with Gasteiger partial charge in [0.05, 0.1) is 10.6 Å². The second-order valence-electron chi connectivity index (χ2n) is 6.51. The summed E-state index contributed by atoms with van der Waals surface area (Å²) in [6, 6.07) is 24.5. The fourth-order valence-electron chi connectivity index (χ4n) is 2.84. The van der Waals surface area contributed by atoms with Crippen LogP contribution in [-0.2, 0) is 20.0 Å². The normalized spacial score (nSPS) is 11.7. The third kappa shape index (κ3) is 4.47. The monoisotopic (exact) mass is 454 g/mol. The fraction of sp³-hybridized carbons (Fsp3) is 0. The highest BCUT2D eigenvalue weighted by molar-refractivity contribution is 7.93. The first-order valence-corrected chi connectivity index (χ1v) is 12.1. The fourth-order valence-corrected chi connectivity index (χ4v) is 5.19. The smallest absolute Gasteiger partial charge is 0.267 e. The van der Waals surface area contributed by atoms with Gasteiger partial charge in [-0.25, -0.2) is 20.8 Å². The van der Waals surface area contributed by atoms with Crippen molar-refractivity contribution in [1.82, 2.24) is 3.97 Å². The highest BCUT2D eigenvalue weighted by Crippen LogP contribution is 2.31. The minimum Gasteiger partial charge on any atom is -0.455 e. The molecule has 7 nitrogen and oxygen atoms in total. The Morgan fingerprint density at radius 3 is 2.00 bits per heavy atom. The summed E-state index contributed by atoms with van der Waals surface area (Å²) >= 11 is 0. The summed E-state index contributed by atoms with van der Waals surface area (Å²) in [6.07, 6.45) is 2.26. The van der Waals surface area contributed by atoms with Crippen LogP contribution in [0.15, 0.2) is 113 Å². The van der Waals surface area contributed by atoms with Gasteiger partial charge in [-0.15, -0.1) is 0 Å². The van der Waals surface area contributed by atoms with E-state index in [0.717, 1.165) is 10.2 Å². The summed E-state index contributed by atoms with van der Waals surface area (Å²) in [5.41, 5.74) is 0.227. The van der Waals surface area contributed by atoms with E-state index in [1.165, 1.54) is 24.4 Å². The first-order chi connectivity index (χ1) is 14.9.